The highest BCUT2D eigenvalue weighted by molar-refractivity contribution is 6.30. The van der Waals surface area contributed by atoms with E-state index >= 15 is 0 Å². The Bertz CT molecular complexity index is 679. The second-order valence-electron chi connectivity index (χ2n) is 3.65. The molecule has 0 radical (unpaired) electrons. The van der Waals surface area contributed by atoms with Crippen molar-refractivity contribution in [1.82, 2.24) is 0 Å². The number of esters is 1. The van der Waals surface area contributed by atoms with Crippen molar-refractivity contribution in [3.63, 3.8) is 0 Å². The summed E-state index contributed by atoms with van der Waals surface area (Å²) in [4.78, 5) is 11.8. The van der Waals surface area contributed by atoms with Crippen molar-refractivity contribution >= 4 is 17.6 Å². The summed E-state index contributed by atoms with van der Waals surface area (Å²) < 4.78 is 18.4. The summed E-state index contributed by atoms with van der Waals surface area (Å²) in [5.74, 6) is -1.41. The van der Waals surface area contributed by atoms with Crippen LogP contribution in [0.5, 0.6) is 5.75 Å². The van der Waals surface area contributed by atoms with Crippen LogP contribution in [0.3, 0.4) is 0 Å². The first-order valence-electron chi connectivity index (χ1n) is 5.27. The quantitative estimate of drug-likeness (QED) is 0.622. The second-order valence-corrected chi connectivity index (χ2v) is 4.09. The lowest BCUT2D eigenvalue weighted by Gasteiger charge is -2.05. The maximum atomic E-state index is 13.5. The Kier molecular flexibility index (Phi) is 3.79. The molecule has 0 aliphatic rings. The highest BCUT2D eigenvalue weighted by Gasteiger charge is 2.14. The van der Waals surface area contributed by atoms with Crippen molar-refractivity contribution in [2.24, 2.45) is 0 Å². The van der Waals surface area contributed by atoms with Crippen LogP contribution in [0.2, 0.25) is 5.02 Å². The molecule has 0 heterocycles. The van der Waals surface area contributed by atoms with Gasteiger partial charge < -0.3 is 4.74 Å². The largest absolute Gasteiger partial charge is 0.423 e. The van der Waals surface area contributed by atoms with Crippen LogP contribution in [0.4, 0.5) is 4.39 Å². The van der Waals surface area contributed by atoms with Crippen LogP contribution in [-0.2, 0) is 0 Å². The summed E-state index contributed by atoms with van der Waals surface area (Å²) in [5.41, 5.74) is 0.0896. The summed E-state index contributed by atoms with van der Waals surface area (Å²) in [6, 6.07) is 11.5. The van der Waals surface area contributed by atoms with E-state index < -0.39 is 11.8 Å². The number of halogens is 2. The fourth-order valence-corrected chi connectivity index (χ4v) is 1.62. The molecule has 0 aliphatic carbocycles. The maximum Gasteiger partial charge on any atom is 0.346 e. The topological polar surface area (TPSA) is 50.1 Å². The first kappa shape index (κ1) is 13.1. The maximum absolute atomic E-state index is 13.5. The standard InChI is InChI=1S/C14H7ClFNO2/c15-10-4-5-13(16)12(7-10)14(18)19-11-3-1-2-9(6-11)8-17/h1-7H. The van der Waals surface area contributed by atoms with Crippen molar-refractivity contribution in [3.05, 3.63) is 64.4 Å². The average Bonchev–Trinajstić information content (AvgIpc) is 2.41. The summed E-state index contributed by atoms with van der Waals surface area (Å²) in [7, 11) is 0. The van der Waals surface area contributed by atoms with Gasteiger partial charge in [0.1, 0.15) is 11.6 Å². The molecule has 0 atom stereocenters. The minimum atomic E-state index is -0.866. The van der Waals surface area contributed by atoms with Crippen LogP contribution in [0.1, 0.15) is 15.9 Å². The summed E-state index contributed by atoms with van der Waals surface area (Å²) >= 11 is 5.69. The average molecular weight is 276 g/mol. The SMILES string of the molecule is N#Cc1cccc(OC(=O)c2cc(Cl)ccc2F)c1. The fraction of sp³-hybridized carbons (Fsp3) is 0. The fourth-order valence-electron chi connectivity index (χ4n) is 1.45. The van der Waals surface area contributed by atoms with Crippen LogP contribution in [0, 0.1) is 17.1 Å². The van der Waals surface area contributed by atoms with E-state index in [2.05, 4.69) is 0 Å². The molecule has 0 aliphatic heterocycles. The monoisotopic (exact) mass is 275 g/mol. The van der Waals surface area contributed by atoms with Crippen molar-refractivity contribution < 1.29 is 13.9 Å². The first-order chi connectivity index (χ1) is 9.10. The predicted octanol–water partition coefficient (Wildman–Crippen LogP) is 3.57. The van der Waals surface area contributed by atoms with Crippen molar-refractivity contribution in [1.29, 1.82) is 5.26 Å². The van der Waals surface area contributed by atoms with E-state index in [1.807, 2.05) is 6.07 Å². The van der Waals surface area contributed by atoms with E-state index in [1.165, 1.54) is 24.3 Å². The molecule has 0 bridgehead atoms. The Labute approximate surface area is 113 Å². The Morgan fingerprint density at radius 2 is 2.05 bits per heavy atom. The van der Waals surface area contributed by atoms with Gasteiger partial charge in [-0.3, -0.25) is 0 Å². The van der Waals surface area contributed by atoms with E-state index in [9.17, 15) is 9.18 Å². The number of benzene rings is 2. The van der Waals surface area contributed by atoms with Gasteiger partial charge in [0.25, 0.3) is 0 Å². The number of nitrogens with zero attached hydrogens (tertiary/aromatic N) is 1. The number of nitriles is 1. The van der Waals surface area contributed by atoms with Gasteiger partial charge >= 0.3 is 5.97 Å². The molecule has 0 spiro atoms. The van der Waals surface area contributed by atoms with Crippen molar-refractivity contribution in [2.45, 2.75) is 0 Å². The second kappa shape index (κ2) is 5.51. The molecule has 0 aromatic heterocycles. The highest BCUT2D eigenvalue weighted by atomic mass is 35.5. The van der Waals surface area contributed by atoms with Crippen LogP contribution >= 0.6 is 11.6 Å². The molecule has 0 fully saturated rings. The van der Waals surface area contributed by atoms with E-state index in [0.717, 1.165) is 6.07 Å². The molecule has 0 amide bonds. The van der Waals surface area contributed by atoms with Crippen molar-refractivity contribution in [2.75, 3.05) is 0 Å². The van der Waals surface area contributed by atoms with Crippen LogP contribution in [-0.4, -0.2) is 5.97 Å². The van der Waals surface area contributed by atoms with Crippen LogP contribution in [0.15, 0.2) is 42.5 Å². The molecule has 0 saturated carbocycles. The Hall–Kier alpha value is -2.38. The van der Waals surface area contributed by atoms with E-state index in [0.29, 0.717) is 5.56 Å². The molecule has 3 nitrogen and oxygen atoms in total. The molecular formula is C14H7ClFNO2. The zero-order valence-electron chi connectivity index (χ0n) is 9.56. The van der Waals surface area contributed by atoms with Gasteiger partial charge in [-0.05, 0) is 36.4 Å². The third-order valence-corrected chi connectivity index (χ3v) is 2.56. The number of carbonyl (C=O) groups is 1. The molecule has 2 aromatic rings. The minimum absolute atomic E-state index is 0.170. The van der Waals surface area contributed by atoms with Gasteiger partial charge in [-0.2, -0.15) is 5.26 Å². The zero-order valence-corrected chi connectivity index (χ0v) is 10.3. The normalized spacial score (nSPS) is 9.74. The van der Waals surface area contributed by atoms with Gasteiger partial charge in [-0.15, -0.1) is 0 Å². The van der Waals surface area contributed by atoms with Gasteiger partial charge in [-0.1, -0.05) is 17.7 Å². The molecule has 0 saturated heterocycles. The number of hydrogen-bond donors (Lipinski definition) is 0. The van der Waals surface area contributed by atoms with Gasteiger partial charge in [0, 0.05) is 5.02 Å². The van der Waals surface area contributed by atoms with E-state index in [4.69, 9.17) is 21.6 Å². The van der Waals surface area contributed by atoms with Crippen LogP contribution in [0.25, 0.3) is 0 Å². The summed E-state index contributed by atoms with van der Waals surface area (Å²) in [6.45, 7) is 0. The molecule has 94 valence electrons. The third-order valence-electron chi connectivity index (χ3n) is 2.32. The Morgan fingerprint density at radius 1 is 1.26 bits per heavy atom. The lowest BCUT2D eigenvalue weighted by Crippen LogP contribution is -2.10. The van der Waals surface area contributed by atoms with E-state index in [-0.39, 0.29) is 16.3 Å². The third kappa shape index (κ3) is 3.09. The van der Waals surface area contributed by atoms with Gasteiger partial charge in [0.15, 0.2) is 0 Å². The molecule has 0 N–H and O–H groups in total. The lowest BCUT2D eigenvalue weighted by molar-refractivity contribution is 0.0730. The predicted molar refractivity (Wildman–Crippen MR) is 67.5 cm³/mol. The number of ether oxygens (including phenoxy) is 1. The smallest absolute Gasteiger partial charge is 0.346 e. The molecular weight excluding hydrogens is 269 g/mol. The Morgan fingerprint density at radius 3 is 2.79 bits per heavy atom. The summed E-state index contributed by atoms with van der Waals surface area (Å²) in [5, 5.41) is 8.96. The Balaban J connectivity index is 2.26. The molecule has 5 heteroatoms. The molecule has 0 unspecified atom stereocenters. The highest BCUT2D eigenvalue weighted by Crippen LogP contribution is 2.19. The van der Waals surface area contributed by atoms with Gasteiger partial charge in [0.05, 0.1) is 17.2 Å². The first-order valence-corrected chi connectivity index (χ1v) is 5.65. The van der Waals surface area contributed by atoms with Gasteiger partial charge in [-0.25, -0.2) is 9.18 Å². The summed E-state index contributed by atoms with van der Waals surface area (Å²) in [6.07, 6.45) is 0. The van der Waals surface area contributed by atoms with E-state index in [1.54, 1.807) is 12.1 Å². The molecule has 2 aromatic carbocycles. The lowest BCUT2D eigenvalue weighted by atomic mass is 10.2. The number of carbonyl (C=O) groups excluding carboxylic acids is 1. The molecule has 2 rings (SSSR count). The van der Waals surface area contributed by atoms with Crippen LogP contribution < -0.4 is 4.74 Å². The number of rotatable bonds is 2. The van der Waals surface area contributed by atoms with Gasteiger partial charge in [0.2, 0.25) is 0 Å². The zero-order chi connectivity index (χ0) is 13.8. The van der Waals surface area contributed by atoms with Crippen molar-refractivity contribution in [3.8, 4) is 11.8 Å². The minimum Gasteiger partial charge on any atom is -0.423 e. The number of hydrogen-bond acceptors (Lipinski definition) is 3. The molecule has 19 heavy (non-hydrogen) atoms.